The molecule has 6 nitrogen and oxygen atoms in total. The van der Waals surface area contributed by atoms with Gasteiger partial charge in [-0.3, -0.25) is 9.48 Å². The molecule has 26 heavy (non-hydrogen) atoms. The zero-order valence-corrected chi connectivity index (χ0v) is 15.9. The Hall–Kier alpha value is -2.89. The van der Waals surface area contributed by atoms with Crippen molar-refractivity contribution in [2.45, 2.75) is 47.2 Å². The van der Waals surface area contributed by atoms with E-state index in [2.05, 4.69) is 22.4 Å². The molecule has 2 aromatic heterocycles. The van der Waals surface area contributed by atoms with E-state index in [0.717, 1.165) is 34.9 Å². The molecule has 0 saturated carbocycles. The van der Waals surface area contributed by atoms with Gasteiger partial charge in [0.25, 0.3) is 5.91 Å². The van der Waals surface area contributed by atoms with Gasteiger partial charge in [0, 0.05) is 17.8 Å². The number of para-hydroxylation sites is 1. The van der Waals surface area contributed by atoms with Gasteiger partial charge in [0.05, 0.1) is 34.9 Å². The highest BCUT2D eigenvalue weighted by Crippen LogP contribution is 2.21. The predicted octanol–water partition coefficient (Wildman–Crippen LogP) is 3.50. The number of nitrogens with zero attached hydrogens (tertiary/aromatic N) is 4. The average Bonchev–Trinajstić information content (AvgIpc) is 3.14. The van der Waals surface area contributed by atoms with Crippen LogP contribution in [0.5, 0.6) is 0 Å². The van der Waals surface area contributed by atoms with Crippen molar-refractivity contribution in [3.63, 3.8) is 0 Å². The van der Waals surface area contributed by atoms with Crippen molar-refractivity contribution in [3.05, 3.63) is 64.7 Å². The number of aromatic nitrogens is 4. The average molecular weight is 351 g/mol. The van der Waals surface area contributed by atoms with Crippen LogP contribution in [0, 0.1) is 20.8 Å². The summed E-state index contributed by atoms with van der Waals surface area (Å²) in [7, 11) is 0. The van der Waals surface area contributed by atoms with Gasteiger partial charge >= 0.3 is 0 Å². The molecule has 0 bridgehead atoms. The van der Waals surface area contributed by atoms with E-state index in [-0.39, 0.29) is 11.9 Å². The molecule has 0 spiro atoms. The van der Waals surface area contributed by atoms with Gasteiger partial charge < -0.3 is 5.32 Å². The molecule has 0 aliphatic rings. The van der Waals surface area contributed by atoms with E-state index >= 15 is 0 Å². The van der Waals surface area contributed by atoms with E-state index in [0.29, 0.717) is 5.56 Å². The van der Waals surface area contributed by atoms with Gasteiger partial charge in [-0.25, -0.2) is 4.68 Å². The Labute approximate surface area is 153 Å². The second-order valence-corrected chi connectivity index (χ2v) is 6.49. The summed E-state index contributed by atoms with van der Waals surface area (Å²) in [6.45, 7) is 10.7. The van der Waals surface area contributed by atoms with Gasteiger partial charge in [-0.15, -0.1) is 0 Å². The minimum Gasteiger partial charge on any atom is -0.345 e. The first-order chi connectivity index (χ1) is 12.4. The maximum Gasteiger partial charge on any atom is 0.255 e. The molecule has 136 valence electrons. The molecule has 3 aromatic rings. The number of aryl methyl sites for hydroxylation is 2. The summed E-state index contributed by atoms with van der Waals surface area (Å²) < 4.78 is 3.75. The molecule has 1 unspecified atom stereocenters. The summed E-state index contributed by atoms with van der Waals surface area (Å²) in [5, 5.41) is 12.0. The minimum atomic E-state index is -0.123. The zero-order chi connectivity index (χ0) is 18.8. The van der Waals surface area contributed by atoms with Crippen LogP contribution in [-0.2, 0) is 6.54 Å². The van der Waals surface area contributed by atoms with Gasteiger partial charge in [-0.05, 0) is 46.8 Å². The normalized spacial score (nSPS) is 12.2. The largest absolute Gasteiger partial charge is 0.345 e. The zero-order valence-electron chi connectivity index (χ0n) is 15.9. The molecule has 1 amide bonds. The molecule has 0 aliphatic carbocycles. The standard InChI is InChI=1S/C20H25N5O/c1-6-24-15(4)18(12-21-24)13(2)22-20(26)19-14(3)23-25(16(19)5)17-10-8-7-9-11-17/h7-13H,6H2,1-5H3,(H,22,26). The molecule has 6 heteroatoms. The number of nitrogens with one attached hydrogen (secondary N) is 1. The van der Waals surface area contributed by atoms with E-state index in [4.69, 9.17) is 0 Å². The summed E-state index contributed by atoms with van der Waals surface area (Å²) in [5.74, 6) is -0.113. The highest BCUT2D eigenvalue weighted by molar-refractivity contribution is 5.96. The molecule has 2 heterocycles. The Bertz CT molecular complexity index is 923. The third-order valence-electron chi connectivity index (χ3n) is 4.77. The lowest BCUT2D eigenvalue weighted by Gasteiger charge is -2.14. The van der Waals surface area contributed by atoms with Gasteiger partial charge in [-0.2, -0.15) is 10.2 Å². The fourth-order valence-corrected chi connectivity index (χ4v) is 3.34. The first kappa shape index (κ1) is 17.9. The third kappa shape index (κ3) is 3.14. The van der Waals surface area contributed by atoms with Crippen molar-refractivity contribution in [1.82, 2.24) is 24.9 Å². The van der Waals surface area contributed by atoms with Crippen molar-refractivity contribution >= 4 is 5.91 Å². The van der Waals surface area contributed by atoms with Gasteiger partial charge in [0.1, 0.15) is 0 Å². The Kier molecular flexibility index (Phi) is 4.93. The maximum absolute atomic E-state index is 12.9. The highest BCUT2D eigenvalue weighted by Gasteiger charge is 2.22. The molecule has 1 atom stereocenters. The Morgan fingerprint density at radius 3 is 2.46 bits per heavy atom. The third-order valence-corrected chi connectivity index (χ3v) is 4.77. The van der Waals surface area contributed by atoms with Crippen LogP contribution in [0.25, 0.3) is 5.69 Å². The van der Waals surface area contributed by atoms with E-state index in [1.807, 2.05) is 73.6 Å². The smallest absolute Gasteiger partial charge is 0.255 e. The summed E-state index contributed by atoms with van der Waals surface area (Å²) in [5.41, 5.74) is 5.23. The van der Waals surface area contributed by atoms with Crippen molar-refractivity contribution in [2.75, 3.05) is 0 Å². The molecule has 3 rings (SSSR count). The van der Waals surface area contributed by atoms with Crippen LogP contribution in [0.4, 0.5) is 0 Å². The molecule has 0 fully saturated rings. The van der Waals surface area contributed by atoms with Gasteiger partial charge in [0.15, 0.2) is 0 Å². The number of benzene rings is 1. The molecule has 0 radical (unpaired) electrons. The fraction of sp³-hybridized carbons (Fsp3) is 0.350. The predicted molar refractivity (Wildman–Crippen MR) is 102 cm³/mol. The van der Waals surface area contributed by atoms with Crippen molar-refractivity contribution in [2.24, 2.45) is 0 Å². The first-order valence-electron chi connectivity index (χ1n) is 8.88. The lowest BCUT2D eigenvalue weighted by Crippen LogP contribution is -2.28. The lowest BCUT2D eigenvalue weighted by atomic mass is 10.1. The molecular formula is C20H25N5O. The number of carbonyl (C=O) groups is 1. The van der Waals surface area contributed by atoms with Crippen LogP contribution in [0.2, 0.25) is 0 Å². The summed E-state index contributed by atoms with van der Waals surface area (Å²) in [6, 6.07) is 9.72. The van der Waals surface area contributed by atoms with Crippen molar-refractivity contribution in [3.8, 4) is 5.69 Å². The maximum atomic E-state index is 12.9. The van der Waals surface area contributed by atoms with Crippen molar-refractivity contribution in [1.29, 1.82) is 0 Å². The van der Waals surface area contributed by atoms with E-state index in [9.17, 15) is 4.79 Å². The quantitative estimate of drug-likeness (QED) is 0.765. The highest BCUT2D eigenvalue weighted by atomic mass is 16.1. The summed E-state index contributed by atoms with van der Waals surface area (Å²) in [6.07, 6.45) is 1.83. The second-order valence-electron chi connectivity index (χ2n) is 6.49. The molecule has 1 N–H and O–H groups in total. The van der Waals surface area contributed by atoms with Crippen LogP contribution in [0.15, 0.2) is 36.5 Å². The Morgan fingerprint density at radius 2 is 1.85 bits per heavy atom. The van der Waals surface area contributed by atoms with Crippen molar-refractivity contribution < 1.29 is 4.79 Å². The number of rotatable bonds is 5. The molecule has 0 saturated heterocycles. The molecule has 1 aromatic carbocycles. The number of hydrogen-bond acceptors (Lipinski definition) is 3. The van der Waals surface area contributed by atoms with Crippen LogP contribution in [0.1, 0.15) is 52.9 Å². The van der Waals surface area contributed by atoms with Crippen LogP contribution < -0.4 is 5.32 Å². The van der Waals surface area contributed by atoms with E-state index in [1.165, 1.54) is 0 Å². The minimum absolute atomic E-state index is 0.113. The lowest BCUT2D eigenvalue weighted by molar-refractivity contribution is 0.0938. The van der Waals surface area contributed by atoms with E-state index in [1.54, 1.807) is 0 Å². The van der Waals surface area contributed by atoms with Crippen LogP contribution in [0.3, 0.4) is 0 Å². The number of carbonyl (C=O) groups excluding carboxylic acids is 1. The first-order valence-corrected chi connectivity index (χ1v) is 8.88. The monoisotopic (exact) mass is 351 g/mol. The number of hydrogen-bond donors (Lipinski definition) is 1. The topological polar surface area (TPSA) is 64.7 Å². The second kappa shape index (κ2) is 7.15. The van der Waals surface area contributed by atoms with Crippen LogP contribution >= 0.6 is 0 Å². The van der Waals surface area contributed by atoms with Gasteiger partial charge in [0.2, 0.25) is 0 Å². The van der Waals surface area contributed by atoms with E-state index < -0.39 is 0 Å². The van der Waals surface area contributed by atoms with Gasteiger partial charge in [-0.1, -0.05) is 18.2 Å². The Morgan fingerprint density at radius 1 is 1.15 bits per heavy atom. The summed E-state index contributed by atoms with van der Waals surface area (Å²) in [4.78, 5) is 12.9. The molecule has 0 aliphatic heterocycles. The van der Waals surface area contributed by atoms with Crippen LogP contribution in [-0.4, -0.2) is 25.5 Å². The molecular weight excluding hydrogens is 326 g/mol. The fourth-order valence-electron chi connectivity index (χ4n) is 3.34. The summed E-state index contributed by atoms with van der Waals surface area (Å²) >= 11 is 0. The SMILES string of the molecule is CCn1ncc(C(C)NC(=O)c2c(C)nn(-c3ccccc3)c2C)c1C. The Balaban J connectivity index is 1.86. The number of amides is 1.